The van der Waals surface area contributed by atoms with E-state index in [0.717, 1.165) is 50.1 Å². The van der Waals surface area contributed by atoms with E-state index in [1.165, 1.54) is 0 Å². The fourth-order valence-corrected chi connectivity index (χ4v) is 4.24. The number of aromatic nitrogens is 3. The summed E-state index contributed by atoms with van der Waals surface area (Å²) in [6.45, 7) is 7.05. The zero-order valence-corrected chi connectivity index (χ0v) is 16.6. The predicted octanol–water partition coefficient (Wildman–Crippen LogP) is 4.62. The molecule has 0 fully saturated rings. The highest BCUT2D eigenvalue weighted by Gasteiger charge is 2.20. The van der Waals surface area contributed by atoms with Gasteiger partial charge in [-0.05, 0) is 47.5 Å². The number of rotatable bonds is 5. The Morgan fingerprint density at radius 2 is 2.15 bits per heavy atom. The van der Waals surface area contributed by atoms with Crippen molar-refractivity contribution in [2.45, 2.75) is 29.9 Å². The lowest BCUT2D eigenvalue weighted by molar-refractivity contribution is 0.174. The maximum absolute atomic E-state index is 6.03. The molecule has 0 bridgehead atoms. The molecule has 6 nitrogen and oxygen atoms in total. The number of nitrogens with zero attached hydrogens (tertiary/aromatic N) is 3. The van der Waals surface area contributed by atoms with Crippen LogP contribution in [0.25, 0.3) is 11.0 Å². The van der Waals surface area contributed by atoms with Crippen LogP contribution in [0.2, 0.25) is 0 Å². The fraction of sp³-hybridized carbons (Fsp3) is 0.222. The van der Waals surface area contributed by atoms with Crippen LogP contribution >= 0.6 is 27.7 Å². The minimum absolute atomic E-state index is 0.245. The SMILES string of the molecule is C=C(C)CCn1c(Sc2cc3c(cc2Br)OCO3)nc2c(N)nccc21. The third-order valence-electron chi connectivity index (χ3n) is 4.05. The van der Waals surface area contributed by atoms with Crippen LogP contribution in [0.1, 0.15) is 13.3 Å². The Labute approximate surface area is 163 Å². The number of halogens is 1. The minimum Gasteiger partial charge on any atom is -0.454 e. The number of allylic oxidation sites excluding steroid dienone is 1. The van der Waals surface area contributed by atoms with E-state index < -0.39 is 0 Å². The van der Waals surface area contributed by atoms with Crippen molar-refractivity contribution in [3.63, 3.8) is 0 Å². The van der Waals surface area contributed by atoms with Crippen molar-refractivity contribution in [1.82, 2.24) is 14.5 Å². The van der Waals surface area contributed by atoms with Crippen LogP contribution in [0.3, 0.4) is 0 Å². The van der Waals surface area contributed by atoms with Crippen LogP contribution in [0.5, 0.6) is 11.5 Å². The van der Waals surface area contributed by atoms with Crippen LogP contribution in [0, 0.1) is 0 Å². The fourth-order valence-electron chi connectivity index (χ4n) is 2.72. The molecule has 0 aliphatic carbocycles. The molecule has 0 radical (unpaired) electrons. The summed E-state index contributed by atoms with van der Waals surface area (Å²) in [6, 6.07) is 5.82. The molecule has 0 atom stereocenters. The van der Waals surface area contributed by atoms with E-state index in [-0.39, 0.29) is 6.79 Å². The summed E-state index contributed by atoms with van der Waals surface area (Å²) in [4.78, 5) is 9.89. The number of imidazole rings is 1. The average molecular weight is 433 g/mol. The topological polar surface area (TPSA) is 75.2 Å². The summed E-state index contributed by atoms with van der Waals surface area (Å²) < 4.78 is 14.0. The van der Waals surface area contributed by atoms with Gasteiger partial charge in [-0.25, -0.2) is 9.97 Å². The lowest BCUT2D eigenvalue weighted by Gasteiger charge is -2.10. The van der Waals surface area contributed by atoms with Gasteiger partial charge in [0.2, 0.25) is 6.79 Å². The molecule has 2 aromatic heterocycles. The summed E-state index contributed by atoms with van der Waals surface area (Å²) >= 11 is 5.16. The molecular weight excluding hydrogens is 416 g/mol. The molecule has 26 heavy (non-hydrogen) atoms. The molecule has 134 valence electrons. The average Bonchev–Trinajstić information content (AvgIpc) is 3.18. The minimum atomic E-state index is 0.245. The van der Waals surface area contributed by atoms with Gasteiger partial charge in [0.25, 0.3) is 0 Å². The maximum atomic E-state index is 6.03. The van der Waals surface area contributed by atoms with Gasteiger partial charge in [0.15, 0.2) is 22.5 Å². The molecule has 0 unspecified atom stereocenters. The Hall–Kier alpha value is -2.19. The van der Waals surface area contributed by atoms with Gasteiger partial charge in [0.05, 0.1) is 5.52 Å². The number of fused-ring (bicyclic) bond motifs is 2. The first kappa shape index (κ1) is 17.2. The van der Waals surface area contributed by atoms with E-state index in [4.69, 9.17) is 20.2 Å². The first-order chi connectivity index (χ1) is 12.5. The van der Waals surface area contributed by atoms with Gasteiger partial charge in [0, 0.05) is 22.1 Å². The number of benzene rings is 1. The highest BCUT2D eigenvalue weighted by atomic mass is 79.9. The van der Waals surface area contributed by atoms with Crippen molar-refractivity contribution >= 4 is 44.5 Å². The summed E-state index contributed by atoms with van der Waals surface area (Å²) in [5.74, 6) is 1.91. The van der Waals surface area contributed by atoms with E-state index in [0.29, 0.717) is 11.3 Å². The summed E-state index contributed by atoms with van der Waals surface area (Å²) in [6.07, 6.45) is 2.57. The molecule has 0 saturated heterocycles. The van der Waals surface area contributed by atoms with Gasteiger partial charge in [-0.1, -0.05) is 17.3 Å². The van der Waals surface area contributed by atoms with E-state index in [1.807, 2.05) is 25.1 Å². The molecule has 1 aliphatic heterocycles. The maximum Gasteiger partial charge on any atom is 0.231 e. The molecule has 1 aromatic carbocycles. The standard InChI is InChI=1S/C18H17BrN4O2S/c1-10(2)4-6-23-12-3-5-21-17(20)16(12)22-18(23)26-15-8-14-13(7-11(15)19)24-9-25-14/h3,5,7-8H,1,4,6,9H2,2H3,(H2,20,21). The van der Waals surface area contributed by atoms with E-state index in [1.54, 1.807) is 18.0 Å². The number of aryl methyl sites for hydroxylation is 1. The molecule has 3 heterocycles. The Kier molecular flexibility index (Phi) is 4.54. The molecule has 3 aromatic rings. The quantitative estimate of drug-likeness (QED) is 0.592. The molecule has 8 heteroatoms. The Morgan fingerprint density at radius 3 is 2.92 bits per heavy atom. The first-order valence-electron chi connectivity index (χ1n) is 8.05. The summed E-state index contributed by atoms with van der Waals surface area (Å²) in [5.41, 5.74) is 8.84. The number of hydrogen-bond acceptors (Lipinski definition) is 6. The van der Waals surface area contributed by atoms with Crippen LogP contribution < -0.4 is 15.2 Å². The lowest BCUT2D eigenvalue weighted by Crippen LogP contribution is -2.00. The second kappa shape index (κ2) is 6.85. The summed E-state index contributed by atoms with van der Waals surface area (Å²) in [5, 5.41) is 0.848. The van der Waals surface area contributed by atoms with Crippen molar-refractivity contribution in [3.05, 3.63) is 41.0 Å². The first-order valence-corrected chi connectivity index (χ1v) is 9.66. The monoisotopic (exact) mass is 432 g/mol. The smallest absolute Gasteiger partial charge is 0.231 e. The molecule has 2 N–H and O–H groups in total. The van der Waals surface area contributed by atoms with Crippen molar-refractivity contribution in [2.75, 3.05) is 12.5 Å². The lowest BCUT2D eigenvalue weighted by atomic mass is 10.2. The van der Waals surface area contributed by atoms with Crippen LogP contribution in [0.4, 0.5) is 5.82 Å². The highest BCUT2D eigenvalue weighted by molar-refractivity contribution is 9.10. The Morgan fingerprint density at radius 1 is 1.38 bits per heavy atom. The molecule has 4 rings (SSSR count). The van der Waals surface area contributed by atoms with Crippen LogP contribution in [-0.4, -0.2) is 21.3 Å². The number of pyridine rings is 1. The number of nitrogen functional groups attached to an aromatic ring is 1. The molecule has 0 saturated carbocycles. The van der Waals surface area contributed by atoms with Gasteiger partial charge in [-0.2, -0.15) is 0 Å². The second-order valence-electron chi connectivity index (χ2n) is 6.06. The van der Waals surface area contributed by atoms with Crippen molar-refractivity contribution < 1.29 is 9.47 Å². The van der Waals surface area contributed by atoms with Crippen LogP contribution in [0.15, 0.2) is 51.1 Å². The zero-order valence-electron chi connectivity index (χ0n) is 14.2. The normalized spacial score (nSPS) is 12.7. The van der Waals surface area contributed by atoms with Crippen molar-refractivity contribution in [1.29, 1.82) is 0 Å². The number of anilines is 1. The third-order valence-corrected chi connectivity index (χ3v) is 6.02. The van der Waals surface area contributed by atoms with Gasteiger partial charge in [-0.3, -0.25) is 0 Å². The van der Waals surface area contributed by atoms with Gasteiger partial charge < -0.3 is 19.8 Å². The van der Waals surface area contributed by atoms with Gasteiger partial charge >= 0.3 is 0 Å². The van der Waals surface area contributed by atoms with Crippen LogP contribution in [-0.2, 0) is 6.54 Å². The van der Waals surface area contributed by atoms with Crippen molar-refractivity contribution in [3.8, 4) is 11.5 Å². The van der Waals surface area contributed by atoms with E-state index in [2.05, 4.69) is 32.1 Å². The highest BCUT2D eigenvalue weighted by Crippen LogP contribution is 2.43. The molecule has 1 aliphatic rings. The third kappa shape index (κ3) is 3.14. The van der Waals surface area contributed by atoms with Gasteiger partial charge in [-0.15, -0.1) is 6.58 Å². The number of ether oxygens (including phenoxy) is 2. The Bertz CT molecular complexity index is 1020. The van der Waals surface area contributed by atoms with Gasteiger partial charge in [0.1, 0.15) is 5.52 Å². The number of hydrogen-bond donors (Lipinski definition) is 1. The largest absolute Gasteiger partial charge is 0.454 e. The molecule has 0 spiro atoms. The van der Waals surface area contributed by atoms with Crippen molar-refractivity contribution in [2.24, 2.45) is 0 Å². The zero-order chi connectivity index (χ0) is 18.3. The summed E-state index contributed by atoms with van der Waals surface area (Å²) in [7, 11) is 0. The molecule has 0 amide bonds. The van der Waals surface area contributed by atoms with E-state index in [9.17, 15) is 0 Å². The Balaban J connectivity index is 1.77. The number of nitrogens with two attached hydrogens (primary N) is 1. The second-order valence-corrected chi connectivity index (χ2v) is 7.92. The van der Waals surface area contributed by atoms with E-state index >= 15 is 0 Å². The predicted molar refractivity (Wildman–Crippen MR) is 106 cm³/mol. The molecular formula is C18H17BrN4O2S.